The first kappa shape index (κ1) is 13.1. The van der Waals surface area contributed by atoms with Gasteiger partial charge in [-0.2, -0.15) is 0 Å². The molecule has 19 heavy (non-hydrogen) atoms. The Balaban J connectivity index is 2.16. The van der Waals surface area contributed by atoms with Gasteiger partial charge in [-0.15, -0.1) is 0 Å². The first-order chi connectivity index (χ1) is 9.06. The van der Waals surface area contributed by atoms with Gasteiger partial charge in [0.05, 0.1) is 4.92 Å². The van der Waals surface area contributed by atoms with E-state index in [-0.39, 0.29) is 5.69 Å². The summed E-state index contributed by atoms with van der Waals surface area (Å²) in [5.41, 5.74) is 1.73. The van der Waals surface area contributed by atoms with Gasteiger partial charge >= 0.3 is 7.12 Å². The lowest BCUT2D eigenvalue weighted by Gasteiger charge is -2.08. The molecule has 3 N–H and O–H groups in total. The second kappa shape index (κ2) is 5.51. The Morgan fingerprint density at radius 3 is 2.32 bits per heavy atom. The normalized spacial score (nSPS) is 10.0. The molecule has 0 saturated carbocycles. The highest BCUT2D eigenvalue weighted by Crippen LogP contribution is 2.19. The van der Waals surface area contributed by atoms with E-state index in [1.807, 2.05) is 0 Å². The van der Waals surface area contributed by atoms with E-state index in [1.54, 1.807) is 36.4 Å². The monoisotopic (exact) mass is 258 g/mol. The molecule has 0 atom stereocenters. The standard InChI is InChI=1S/C12H11BN2O4/c16-13(17)9-2-1-3-11(8-9)14-10-4-6-12(7-5-10)15(18)19/h1-8,14,16-17H. The number of hydrogen-bond acceptors (Lipinski definition) is 5. The summed E-state index contributed by atoms with van der Waals surface area (Å²) in [6.45, 7) is 0. The fourth-order valence-electron chi connectivity index (χ4n) is 1.61. The Hall–Kier alpha value is -2.38. The molecule has 0 saturated heterocycles. The number of nitrogens with zero attached hydrogens (tertiary/aromatic N) is 1. The molecule has 0 spiro atoms. The smallest absolute Gasteiger partial charge is 0.423 e. The van der Waals surface area contributed by atoms with Gasteiger partial charge in [-0.25, -0.2) is 0 Å². The lowest BCUT2D eigenvalue weighted by Crippen LogP contribution is -2.29. The first-order valence-electron chi connectivity index (χ1n) is 5.54. The van der Waals surface area contributed by atoms with Crippen LogP contribution in [0.1, 0.15) is 0 Å². The van der Waals surface area contributed by atoms with Gasteiger partial charge in [-0.1, -0.05) is 12.1 Å². The molecule has 96 valence electrons. The van der Waals surface area contributed by atoms with Crippen LogP contribution in [0.5, 0.6) is 0 Å². The second-order valence-corrected chi connectivity index (χ2v) is 3.93. The van der Waals surface area contributed by atoms with Crippen molar-refractivity contribution < 1.29 is 15.0 Å². The molecule has 0 fully saturated rings. The van der Waals surface area contributed by atoms with Crippen LogP contribution >= 0.6 is 0 Å². The Bertz CT molecular complexity index is 587. The summed E-state index contributed by atoms with van der Waals surface area (Å²) < 4.78 is 0. The maximum atomic E-state index is 10.5. The van der Waals surface area contributed by atoms with Crippen molar-refractivity contribution in [3.63, 3.8) is 0 Å². The van der Waals surface area contributed by atoms with Crippen LogP contribution in [0.15, 0.2) is 48.5 Å². The van der Waals surface area contributed by atoms with Crippen LogP contribution in [0.4, 0.5) is 17.1 Å². The van der Waals surface area contributed by atoms with Crippen LogP contribution in [-0.4, -0.2) is 22.1 Å². The van der Waals surface area contributed by atoms with Crippen LogP contribution in [0, 0.1) is 10.1 Å². The predicted molar refractivity (Wildman–Crippen MR) is 72.6 cm³/mol. The predicted octanol–water partition coefficient (Wildman–Crippen LogP) is 1.02. The maximum absolute atomic E-state index is 10.5. The molecule has 2 rings (SSSR count). The molecule has 0 aliphatic heterocycles. The molecule has 6 nitrogen and oxygen atoms in total. The highest BCUT2D eigenvalue weighted by Gasteiger charge is 2.10. The number of nitro groups is 1. The molecule has 0 aromatic heterocycles. The maximum Gasteiger partial charge on any atom is 0.488 e. The molecular weight excluding hydrogens is 247 g/mol. The minimum absolute atomic E-state index is 0.0186. The SMILES string of the molecule is O=[N+]([O-])c1ccc(Nc2cccc(B(O)O)c2)cc1. The van der Waals surface area contributed by atoms with E-state index in [0.29, 0.717) is 16.8 Å². The van der Waals surface area contributed by atoms with Gasteiger partial charge in [0.25, 0.3) is 5.69 Å². The number of benzene rings is 2. The fraction of sp³-hybridized carbons (Fsp3) is 0. The number of non-ortho nitro benzene ring substituents is 1. The zero-order valence-electron chi connectivity index (χ0n) is 9.85. The van der Waals surface area contributed by atoms with Crippen LogP contribution in [0.3, 0.4) is 0 Å². The third kappa shape index (κ3) is 3.31. The van der Waals surface area contributed by atoms with Crippen molar-refractivity contribution in [1.29, 1.82) is 0 Å². The Morgan fingerprint density at radius 1 is 1.05 bits per heavy atom. The van der Waals surface area contributed by atoms with Gasteiger partial charge in [-0.3, -0.25) is 10.1 Å². The Morgan fingerprint density at radius 2 is 1.74 bits per heavy atom. The number of nitro benzene ring substituents is 1. The van der Waals surface area contributed by atoms with Crippen molar-refractivity contribution in [2.75, 3.05) is 5.32 Å². The second-order valence-electron chi connectivity index (χ2n) is 3.93. The molecule has 0 aliphatic carbocycles. The molecule has 7 heteroatoms. The van der Waals surface area contributed by atoms with Crippen molar-refractivity contribution in [3.05, 3.63) is 58.6 Å². The summed E-state index contributed by atoms with van der Waals surface area (Å²) in [7, 11) is -1.53. The largest absolute Gasteiger partial charge is 0.488 e. The first-order valence-corrected chi connectivity index (χ1v) is 5.54. The average molecular weight is 258 g/mol. The molecule has 0 bridgehead atoms. The van der Waals surface area contributed by atoms with E-state index in [9.17, 15) is 10.1 Å². The summed E-state index contributed by atoms with van der Waals surface area (Å²) in [5.74, 6) is 0. The molecule has 2 aromatic rings. The summed E-state index contributed by atoms with van der Waals surface area (Å²) in [5, 5.41) is 31.7. The third-order valence-corrected chi connectivity index (χ3v) is 2.55. The Labute approximate surface area is 109 Å². The van der Waals surface area contributed by atoms with Gasteiger partial charge in [0.15, 0.2) is 0 Å². The van der Waals surface area contributed by atoms with Crippen molar-refractivity contribution in [2.45, 2.75) is 0 Å². The number of hydrogen-bond donors (Lipinski definition) is 3. The highest BCUT2D eigenvalue weighted by molar-refractivity contribution is 6.58. The zero-order valence-corrected chi connectivity index (χ0v) is 9.85. The molecule has 0 radical (unpaired) electrons. The molecule has 0 aliphatic rings. The number of rotatable bonds is 4. The molecule has 2 aromatic carbocycles. The van der Waals surface area contributed by atoms with Gasteiger partial charge in [-0.05, 0) is 29.7 Å². The highest BCUT2D eigenvalue weighted by atomic mass is 16.6. The molecule has 0 unspecified atom stereocenters. The Kier molecular flexibility index (Phi) is 3.79. The van der Waals surface area contributed by atoms with Crippen LogP contribution < -0.4 is 10.8 Å². The lowest BCUT2D eigenvalue weighted by molar-refractivity contribution is -0.384. The van der Waals surface area contributed by atoms with Gasteiger partial charge in [0.1, 0.15) is 0 Å². The fourth-order valence-corrected chi connectivity index (χ4v) is 1.61. The number of nitrogens with one attached hydrogen (secondary N) is 1. The topological polar surface area (TPSA) is 95.6 Å². The van der Waals surface area contributed by atoms with Crippen molar-refractivity contribution in [3.8, 4) is 0 Å². The van der Waals surface area contributed by atoms with E-state index < -0.39 is 12.0 Å². The third-order valence-electron chi connectivity index (χ3n) is 2.55. The minimum atomic E-state index is -1.53. The van der Waals surface area contributed by atoms with E-state index >= 15 is 0 Å². The van der Waals surface area contributed by atoms with Crippen molar-refractivity contribution in [1.82, 2.24) is 0 Å². The van der Waals surface area contributed by atoms with E-state index in [0.717, 1.165) is 0 Å². The van der Waals surface area contributed by atoms with Crippen LogP contribution in [-0.2, 0) is 0 Å². The summed E-state index contributed by atoms with van der Waals surface area (Å²) in [6, 6.07) is 12.6. The minimum Gasteiger partial charge on any atom is -0.423 e. The van der Waals surface area contributed by atoms with Gasteiger partial charge < -0.3 is 15.4 Å². The number of anilines is 2. The quantitative estimate of drug-likeness (QED) is 0.432. The van der Waals surface area contributed by atoms with Crippen LogP contribution in [0.2, 0.25) is 0 Å². The van der Waals surface area contributed by atoms with Crippen molar-refractivity contribution >= 4 is 29.6 Å². The van der Waals surface area contributed by atoms with Gasteiger partial charge in [0.2, 0.25) is 0 Å². The average Bonchev–Trinajstić information content (AvgIpc) is 2.39. The van der Waals surface area contributed by atoms with Crippen molar-refractivity contribution in [2.24, 2.45) is 0 Å². The van der Waals surface area contributed by atoms with E-state index in [1.165, 1.54) is 12.1 Å². The van der Waals surface area contributed by atoms with E-state index in [2.05, 4.69) is 5.32 Å². The summed E-state index contributed by atoms with van der Waals surface area (Å²) in [4.78, 5) is 10.1. The molecule has 0 heterocycles. The molecule has 0 amide bonds. The van der Waals surface area contributed by atoms with E-state index in [4.69, 9.17) is 10.0 Å². The zero-order chi connectivity index (χ0) is 13.8. The lowest BCUT2D eigenvalue weighted by atomic mass is 9.80. The summed E-state index contributed by atoms with van der Waals surface area (Å²) >= 11 is 0. The van der Waals surface area contributed by atoms with Gasteiger partial charge in [0, 0.05) is 23.5 Å². The van der Waals surface area contributed by atoms with Crippen LogP contribution in [0.25, 0.3) is 0 Å². The molecular formula is C12H11BN2O4. The summed E-state index contributed by atoms with van der Waals surface area (Å²) in [6.07, 6.45) is 0.